The number of methoxy groups -OCH3 is 2. The first-order valence-electron chi connectivity index (χ1n) is 14.0. The number of benzene rings is 4. The molecule has 0 heterocycles. The van der Waals surface area contributed by atoms with E-state index in [-0.39, 0.29) is 22.1 Å². The van der Waals surface area contributed by atoms with Crippen LogP contribution in [0.2, 0.25) is 0 Å². The summed E-state index contributed by atoms with van der Waals surface area (Å²) in [5, 5.41) is 5.59. The molecule has 0 saturated carbocycles. The number of carbonyl (C=O) groups is 2. The Kier molecular flexibility index (Phi) is 10.8. The zero-order chi connectivity index (χ0) is 31.5. The summed E-state index contributed by atoms with van der Waals surface area (Å²) in [6, 6.07) is 26.5. The van der Waals surface area contributed by atoms with Gasteiger partial charge in [-0.05, 0) is 79.6 Å². The van der Waals surface area contributed by atoms with Crippen molar-refractivity contribution in [2.75, 3.05) is 43.5 Å². The zero-order valence-corrected chi connectivity index (χ0v) is 25.6. The summed E-state index contributed by atoms with van der Waals surface area (Å²) in [7, 11) is -1.00. The van der Waals surface area contributed by atoms with Gasteiger partial charge in [0.05, 0.1) is 42.7 Å². The largest absolute Gasteiger partial charge is 0.494 e. The first-order valence-corrected chi connectivity index (χ1v) is 15.4. The molecule has 0 fully saturated rings. The highest BCUT2D eigenvalue weighted by molar-refractivity contribution is 7.92. The number of ether oxygens (including phenoxy) is 3. The predicted molar refractivity (Wildman–Crippen MR) is 169 cm³/mol. The van der Waals surface area contributed by atoms with Crippen molar-refractivity contribution in [1.82, 2.24) is 5.32 Å². The van der Waals surface area contributed by atoms with Crippen LogP contribution >= 0.6 is 0 Å². The maximum Gasteiger partial charge on any atom is 0.264 e. The van der Waals surface area contributed by atoms with Crippen LogP contribution in [0.25, 0.3) is 0 Å². The summed E-state index contributed by atoms with van der Waals surface area (Å²) in [5.74, 6) is 0.743. The fraction of sp³-hybridized carbons (Fsp3) is 0.212. The molecule has 0 unspecified atom stereocenters. The minimum Gasteiger partial charge on any atom is -0.494 e. The standard InChI is InChI=1S/C33H35N3O7S/c1-4-43-26-15-17-27(18-16-26)44(39,40)36(25-10-6-5-7-11-25)23-32(37)35-29-13-9-8-12-28(29)33(38)34-21-20-24-14-19-30(41-2)31(22-24)42-3/h5-19,22H,4,20-21,23H2,1-3H3,(H,34,38)(H,35,37). The summed E-state index contributed by atoms with van der Waals surface area (Å²) in [6.07, 6.45) is 0.538. The maximum atomic E-state index is 13.7. The number of hydrogen-bond donors (Lipinski definition) is 2. The van der Waals surface area contributed by atoms with E-state index in [0.29, 0.717) is 42.5 Å². The molecule has 0 radical (unpaired) electrons. The minimum atomic E-state index is -4.13. The van der Waals surface area contributed by atoms with Crippen molar-refractivity contribution in [3.63, 3.8) is 0 Å². The van der Waals surface area contributed by atoms with E-state index in [1.165, 1.54) is 12.1 Å². The number of hydrogen-bond acceptors (Lipinski definition) is 7. The van der Waals surface area contributed by atoms with Crippen LogP contribution in [-0.4, -0.2) is 54.1 Å². The summed E-state index contributed by atoms with van der Waals surface area (Å²) < 4.78 is 44.5. The first kappa shape index (κ1) is 31.9. The van der Waals surface area contributed by atoms with E-state index in [2.05, 4.69) is 10.6 Å². The number of rotatable bonds is 14. The van der Waals surface area contributed by atoms with Crippen molar-refractivity contribution in [2.45, 2.75) is 18.2 Å². The van der Waals surface area contributed by atoms with Gasteiger partial charge >= 0.3 is 0 Å². The molecule has 4 aromatic carbocycles. The van der Waals surface area contributed by atoms with Gasteiger partial charge in [-0.15, -0.1) is 0 Å². The van der Waals surface area contributed by atoms with E-state index in [1.54, 1.807) is 87.0 Å². The third-order valence-electron chi connectivity index (χ3n) is 6.65. The van der Waals surface area contributed by atoms with Gasteiger partial charge in [0.2, 0.25) is 5.91 Å². The van der Waals surface area contributed by atoms with Crippen LogP contribution in [0.3, 0.4) is 0 Å². The van der Waals surface area contributed by atoms with Gasteiger partial charge in [0, 0.05) is 6.54 Å². The first-order chi connectivity index (χ1) is 21.3. The quantitative estimate of drug-likeness (QED) is 0.206. The lowest BCUT2D eigenvalue weighted by atomic mass is 10.1. The molecule has 11 heteroatoms. The number of amides is 2. The van der Waals surface area contributed by atoms with E-state index >= 15 is 0 Å². The molecule has 2 amide bonds. The van der Waals surface area contributed by atoms with Gasteiger partial charge in [-0.1, -0.05) is 36.4 Å². The Hall–Kier alpha value is -5.03. The molecule has 0 bridgehead atoms. The van der Waals surface area contributed by atoms with Crippen LogP contribution in [0.4, 0.5) is 11.4 Å². The van der Waals surface area contributed by atoms with Gasteiger partial charge in [0.25, 0.3) is 15.9 Å². The van der Waals surface area contributed by atoms with Crippen molar-refractivity contribution in [3.05, 3.63) is 108 Å². The van der Waals surface area contributed by atoms with Gasteiger partial charge in [-0.2, -0.15) is 0 Å². The van der Waals surface area contributed by atoms with Crippen LogP contribution in [0.15, 0.2) is 102 Å². The highest BCUT2D eigenvalue weighted by Crippen LogP contribution is 2.28. The van der Waals surface area contributed by atoms with Crippen molar-refractivity contribution in [1.29, 1.82) is 0 Å². The van der Waals surface area contributed by atoms with E-state index in [1.807, 2.05) is 19.1 Å². The molecule has 0 atom stereocenters. The number of sulfonamides is 1. The topological polar surface area (TPSA) is 123 Å². The van der Waals surface area contributed by atoms with Crippen molar-refractivity contribution in [3.8, 4) is 17.2 Å². The van der Waals surface area contributed by atoms with Crippen molar-refractivity contribution < 1.29 is 32.2 Å². The second kappa shape index (κ2) is 14.9. The SMILES string of the molecule is CCOc1ccc(S(=O)(=O)N(CC(=O)Nc2ccccc2C(=O)NCCc2ccc(OC)c(OC)c2)c2ccccc2)cc1. The molecular formula is C33H35N3O7S. The number of nitrogens with one attached hydrogen (secondary N) is 2. The second-order valence-electron chi connectivity index (χ2n) is 9.54. The Morgan fingerprint density at radius 3 is 2.18 bits per heavy atom. The predicted octanol–water partition coefficient (Wildman–Crippen LogP) is 4.91. The molecule has 10 nitrogen and oxygen atoms in total. The summed E-state index contributed by atoms with van der Waals surface area (Å²) in [6.45, 7) is 2.09. The molecule has 4 rings (SSSR count). The third-order valence-corrected chi connectivity index (χ3v) is 8.44. The molecule has 0 aliphatic rings. The average Bonchev–Trinajstić information content (AvgIpc) is 3.04. The highest BCUT2D eigenvalue weighted by atomic mass is 32.2. The average molecular weight is 618 g/mol. The smallest absolute Gasteiger partial charge is 0.264 e. The van der Waals surface area contributed by atoms with Gasteiger partial charge in [-0.25, -0.2) is 8.42 Å². The lowest BCUT2D eigenvalue weighted by Crippen LogP contribution is -2.38. The van der Waals surface area contributed by atoms with Crippen molar-refractivity contribution in [2.24, 2.45) is 0 Å². The molecule has 230 valence electrons. The number of anilines is 2. The molecule has 0 aromatic heterocycles. The fourth-order valence-corrected chi connectivity index (χ4v) is 5.89. The third kappa shape index (κ3) is 7.87. The van der Waals surface area contributed by atoms with Crippen LogP contribution < -0.4 is 29.1 Å². The van der Waals surface area contributed by atoms with E-state index in [4.69, 9.17) is 14.2 Å². The Balaban J connectivity index is 1.47. The lowest BCUT2D eigenvalue weighted by molar-refractivity contribution is -0.114. The normalized spacial score (nSPS) is 10.9. The second-order valence-corrected chi connectivity index (χ2v) is 11.4. The summed E-state index contributed by atoms with van der Waals surface area (Å²) >= 11 is 0. The summed E-state index contributed by atoms with van der Waals surface area (Å²) in [5.41, 5.74) is 1.76. The van der Waals surface area contributed by atoms with Crippen LogP contribution in [-0.2, 0) is 21.2 Å². The monoisotopic (exact) mass is 617 g/mol. The summed E-state index contributed by atoms with van der Waals surface area (Å²) in [4.78, 5) is 26.4. The molecule has 44 heavy (non-hydrogen) atoms. The van der Waals surface area contributed by atoms with Gasteiger partial charge in [-0.3, -0.25) is 13.9 Å². The van der Waals surface area contributed by atoms with Gasteiger partial charge in [0.1, 0.15) is 12.3 Å². The minimum absolute atomic E-state index is 0.00636. The van der Waals surface area contributed by atoms with Crippen molar-refractivity contribution >= 4 is 33.2 Å². The Labute approximate surface area is 257 Å². The molecule has 4 aromatic rings. The highest BCUT2D eigenvalue weighted by Gasteiger charge is 2.28. The van der Waals surface area contributed by atoms with E-state index in [0.717, 1.165) is 9.87 Å². The van der Waals surface area contributed by atoms with Gasteiger partial charge in [0.15, 0.2) is 11.5 Å². The Morgan fingerprint density at radius 1 is 0.818 bits per heavy atom. The van der Waals surface area contributed by atoms with E-state index in [9.17, 15) is 18.0 Å². The number of nitrogens with zero attached hydrogens (tertiary/aromatic N) is 1. The molecule has 0 saturated heterocycles. The molecule has 0 spiro atoms. The lowest BCUT2D eigenvalue weighted by Gasteiger charge is -2.24. The molecular weight excluding hydrogens is 582 g/mol. The Bertz CT molecular complexity index is 1680. The molecule has 2 N–H and O–H groups in total. The molecule has 0 aliphatic heterocycles. The van der Waals surface area contributed by atoms with Gasteiger partial charge < -0.3 is 24.8 Å². The number of carbonyl (C=O) groups excluding carboxylic acids is 2. The maximum absolute atomic E-state index is 13.7. The van der Waals surface area contributed by atoms with E-state index < -0.39 is 22.5 Å². The fourth-order valence-electron chi connectivity index (χ4n) is 4.47. The zero-order valence-electron chi connectivity index (χ0n) is 24.8. The van der Waals surface area contributed by atoms with Crippen LogP contribution in [0.1, 0.15) is 22.8 Å². The molecule has 0 aliphatic carbocycles. The van der Waals surface area contributed by atoms with Crippen LogP contribution in [0, 0.1) is 0 Å². The van der Waals surface area contributed by atoms with Crippen LogP contribution in [0.5, 0.6) is 17.2 Å². The number of para-hydroxylation sites is 2. The Morgan fingerprint density at radius 2 is 1.50 bits per heavy atom.